The fourth-order valence-corrected chi connectivity index (χ4v) is 1.19. The SMILES string of the molecule is CC(C)(NC(=O)O)c1ccccc1.Cl. The smallest absolute Gasteiger partial charge is 0.405 e. The molecule has 2 N–H and O–H groups in total. The van der Waals surface area contributed by atoms with Gasteiger partial charge in [-0.25, -0.2) is 4.79 Å². The predicted molar refractivity (Wildman–Crippen MR) is 57.9 cm³/mol. The van der Waals surface area contributed by atoms with E-state index in [1.165, 1.54) is 0 Å². The highest BCUT2D eigenvalue weighted by molar-refractivity contribution is 5.85. The van der Waals surface area contributed by atoms with Crippen LogP contribution < -0.4 is 5.32 Å². The molecule has 0 radical (unpaired) electrons. The molecule has 0 bridgehead atoms. The summed E-state index contributed by atoms with van der Waals surface area (Å²) in [5, 5.41) is 11.1. The van der Waals surface area contributed by atoms with Gasteiger partial charge in [-0.3, -0.25) is 0 Å². The van der Waals surface area contributed by atoms with Gasteiger partial charge in [-0.15, -0.1) is 12.4 Å². The quantitative estimate of drug-likeness (QED) is 0.797. The summed E-state index contributed by atoms with van der Waals surface area (Å²) in [5.74, 6) is 0. The highest BCUT2D eigenvalue weighted by Gasteiger charge is 2.21. The van der Waals surface area contributed by atoms with Gasteiger partial charge in [0, 0.05) is 0 Å². The second-order valence-corrected chi connectivity index (χ2v) is 3.42. The van der Waals surface area contributed by atoms with Crippen LogP contribution in [0.3, 0.4) is 0 Å². The summed E-state index contributed by atoms with van der Waals surface area (Å²) in [5.41, 5.74) is 0.421. The van der Waals surface area contributed by atoms with E-state index in [-0.39, 0.29) is 12.4 Å². The van der Waals surface area contributed by atoms with Crippen LogP contribution in [0.4, 0.5) is 4.79 Å². The molecule has 0 fully saturated rings. The first-order valence-corrected chi connectivity index (χ1v) is 4.09. The Kier molecular flexibility index (Phi) is 4.44. The molecule has 0 saturated carbocycles. The molecule has 3 nitrogen and oxygen atoms in total. The molecular formula is C10H14ClNO2. The molecule has 1 aromatic rings. The van der Waals surface area contributed by atoms with Crippen LogP contribution in [0.1, 0.15) is 19.4 Å². The first-order chi connectivity index (χ1) is 6.02. The number of hydrogen-bond acceptors (Lipinski definition) is 1. The van der Waals surface area contributed by atoms with E-state index in [2.05, 4.69) is 5.32 Å². The second kappa shape index (κ2) is 4.86. The number of nitrogens with one attached hydrogen (secondary N) is 1. The highest BCUT2D eigenvalue weighted by Crippen LogP contribution is 2.18. The molecule has 0 aliphatic heterocycles. The topological polar surface area (TPSA) is 49.3 Å². The lowest BCUT2D eigenvalue weighted by molar-refractivity contribution is 0.182. The molecule has 0 atom stereocenters. The summed E-state index contributed by atoms with van der Waals surface area (Å²) < 4.78 is 0. The van der Waals surface area contributed by atoms with Crippen molar-refractivity contribution in [1.82, 2.24) is 5.32 Å². The van der Waals surface area contributed by atoms with Gasteiger partial charge in [0.05, 0.1) is 5.54 Å². The average molecular weight is 216 g/mol. The van der Waals surface area contributed by atoms with Crippen LogP contribution in [0.2, 0.25) is 0 Å². The lowest BCUT2D eigenvalue weighted by Crippen LogP contribution is -2.39. The minimum atomic E-state index is -1.01. The van der Waals surface area contributed by atoms with Gasteiger partial charge in [0.15, 0.2) is 0 Å². The summed E-state index contributed by atoms with van der Waals surface area (Å²) >= 11 is 0. The Bertz CT molecular complexity index is 298. The van der Waals surface area contributed by atoms with E-state index in [1.54, 1.807) is 0 Å². The molecule has 0 aromatic heterocycles. The normalized spacial score (nSPS) is 10.1. The number of benzene rings is 1. The third-order valence-corrected chi connectivity index (χ3v) is 1.91. The van der Waals surface area contributed by atoms with Crippen molar-refractivity contribution in [3.05, 3.63) is 35.9 Å². The second-order valence-electron chi connectivity index (χ2n) is 3.42. The van der Waals surface area contributed by atoms with Gasteiger partial charge in [0.25, 0.3) is 0 Å². The van der Waals surface area contributed by atoms with Crippen molar-refractivity contribution in [2.45, 2.75) is 19.4 Å². The molecule has 14 heavy (non-hydrogen) atoms. The van der Waals surface area contributed by atoms with Gasteiger partial charge < -0.3 is 10.4 Å². The maximum absolute atomic E-state index is 10.5. The summed E-state index contributed by atoms with van der Waals surface area (Å²) in [4.78, 5) is 10.5. The summed E-state index contributed by atoms with van der Waals surface area (Å²) in [6, 6.07) is 9.48. The number of rotatable bonds is 2. The zero-order chi connectivity index (χ0) is 9.90. The number of halogens is 1. The van der Waals surface area contributed by atoms with Crippen LogP contribution in [0.25, 0.3) is 0 Å². The van der Waals surface area contributed by atoms with Crippen LogP contribution in [-0.2, 0) is 5.54 Å². The minimum Gasteiger partial charge on any atom is -0.465 e. The summed E-state index contributed by atoms with van der Waals surface area (Å²) in [6.07, 6.45) is -1.01. The monoisotopic (exact) mass is 215 g/mol. The molecule has 0 spiro atoms. The zero-order valence-corrected chi connectivity index (χ0v) is 8.97. The zero-order valence-electron chi connectivity index (χ0n) is 8.15. The summed E-state index contributed by atoms with van der Waals surface area (Å²) in [6.45, 7) is 3.66. The van der Waals surface area contributed by atoms with Gasteiger partial charge in [-0.1, -0.05) is 30.3 Å². The summed E-state index contributed by atoms with van der Waals surface area (Å²) in [7, 11) is 0. The fraction of sp³-hybridized carbons (Fsp3) is 0.300. The largest absolute Gasteiger partial charge is 0.465 e. The Labute approximate surface area is 89.5 Å². The number of carbonyl (C=O) groups is 1. The van der Waals surface area contributed by atoms with Crippen molar-refractivity contribution in [1.29, 1.82) is 0 Å². The minimum absolute atomic E-state index is 0. The lowest BCUT2D eigenvalue weighted by Gasteiger charge is -2.24. The number of hydrogen-bond donors (Lipinski definition) is 2. The standard InChI is InChI=1S/C10H13NO2.ClH/c1-10(2,11-9(12)13)8-6-4-3-5-7-8;/h3-7,11H,1-2H3,(H,12,13);1H. The Hall–Kier alpha value is -1.22. The van der Waals surface area contributed by atoms with E-state index in [4.69, 9.17) is 5.11 Å². The van der Waals surface area contributed by atoms with Crippen molar-refractivity contribution < 1.29 is 9.90 Å². The van der Waals surface area contributed by atoms with Crippen molar-refractivity contribution in [2.75, 3.05) is 0 Å². The first-order valence-electron chi connectivity index (χ1n) is 4.09. The Balaban J connectivity index is 0.00000169. The average Bonchev–Trinajstić information content (AvgIpc) is 2.04. The van der Waals surface area contributed by atoms with Gasteiger partial charge in [-0.2, -0.15) is 0 Å². The molecule has 1 aromatic carbocycles. The molecule has 0 aliphatic rings. The van der Waals surface area contributed by atoms with E-state index < -0.39 is 11.6 Å². The van der Waals surface area contributed by atoms with E-state index in [9.17, 15) is 4.79 Å². The van der Waals surface area contributed by atoms with E-state index in [0.29, 0.717) is 0 Å². The van der Waals surface area contributed by atoms with Crippen LogP contribution in [0, 0.1) is 0 Å². The van der Waals surface area contributed by atoms with Crippen molar-refractivity contribution in [3.63, 3.8) is 0 Å². The van der Waals surface area contributed by atoms with Crippen LogP contribution in [0.15, 0.2) is 30.3 Å². The highest BCUT2D eigenvalue weighted by atomic mass is 35.5. The van der Waals surface area contributed by atoms with Gasteiger partial charge in [0.1, 0.15) is 0 Å². The Morgan fingerprint density at radius 3 is 2.21 bits per heavy atom. The molecule has 1 amide bonds. The molecule has 4 heteroatoms. The molecular weight excluding hydrogens is 202 g/mol. The van der Waals surface area contributed by atoms with Crippen molar-refractivity contribution in [3.8, 4) is 0 Å². The van der Waals surface area contributed by atoms with E-state index in [0.717, 1.165) is 5.56 Å². The predicted octanol–water partition coefficient (Wildman–Crippen LogP) is 2.61. The molecule has 1 rings (SSSR count). The Morgan fingerprint density at radius 2 is 1.79 bits per heavy atom. The van der Waals surface area contributed by atoms with Crippen LogP contribution >= 0.6 is 12.4 Å². The maximum atomic E-state index is 10.5. The maximum Gasteiger partial charge on any atom is 0.405 e. The lowest BCUT2D eigenvalue weighted by atomic mass is 9.95. The molecule has 78 valence electrons. The van der Waals surface area contributed by atoms with Crippen LogP contribution in [-0.4, -0.2) is 11.2 Å². The van der Waals surface area contributed by atoms with E-state index in [1.807, 2.05) is 44.2 Å². The van der Waals surface area contributed by atoms with Gasteiger partial charge in [-0.05, 0) is 19.4 Å². The molecule has 0 heterocycles. The third-order valence-electron chi connectivity index (χ3n) is 1.91. The van der Waals surface area contributed by atoms with Gasteiger partial charge >= 0.3 is 6.09 Å². The molecule has 0 aliphatic carbocycles. The number of carboxylic acid groups (broad SMARTS) is 1. The van der Waals surface area contributed by atoms with Crippen molar-refractivity contribution >= 4 is 18.5 Å². The Morgan fingerprint density at radius 1 is 1.29 bits per heavy atom. The van der Waals surface area contributed by atoms with Crippen LogP contribution in [0.5, 0.6) is 0 Å². The first kappa shape index (κ1) is 12.8. The molecule has 0 unspecified atom stereocenters. The van der Waals surface area contributed by atoms with Gasteiger partial charge in [0.2, 0.25) is 0 Å². The molecule has 0 saturated heterocycles. The van der Waals surface area contributed by atoms with E-state index >= 15 is 0 Å². The van der Waals surface area contributed by atoms with Crippen molar-refractivity contribution in [2.24, 2.45) is 0 Å². The number of amides is 1. The fourth-order valence-electron chi connectivity index (χ4n) is 1.19. The third kappa shape index (κ3) is 3.26.